The molecule has 3 N–H and O–H groups in total. The Morgan fingerprint density at radius 2 is 2.11 bits per heavy atom. The Morgan fingerprint density at radius 1 is 1.44 bits per heavy atom. The van der Waals surface area contributed by atoms with E-state index in [9.17, 15) is 19.1 Å². The third-order valence-electron chi connectivity index (χ3n) is 2.49. The highest BCUT2D eigenvalue weighted by Crippen LogP contribution is 2.17. The van der Waals surface area contributed by atoms with E-state index in [1.54, 1.807) is 0 Å². The van der Waals surface area contributed by atoms with Crippen LogP contribution in [-0.2, 0) is 4.79 Å². The van der Waals surface area contributed by atoms with Crippen molar-refractivity contribution in [2.45, 2.75) is 13.3 Å². The molecule has 18 heavy (non-hydrogen) atoms. The first-order valence-corrected chi connectivity index (χ1v) is 5.41. The summed E-state index contributed by atoms with van der Waals surface area (Å²) in [6.45, 7) is 1.70. The van der Waals surface area contributed by atoms with Gasteiger partial charge in [0.1, 0.15) is 11.6 Å². The number of amides is 1. The number of carboxylic acids is 1. The highest BCUT2D eigenvalue weighted by atomic mass is 19.1. The number of carboxylic acid groups (broad SMARTS) is 1. The van der Waals surface area contributed by atoms with Gasteiger partial charge in [-0.05, 0) is 18.6 Å². The van der Waals surface area contributed by atoms with Crippen LogP contribution in [0.25, 0.3) is 0 Å². The predicted octanol–water partition coefficient (Wildman–Crippen LogP) is 1.37. The molecule has 1 rings (SSSR count). The molecule has 0 heterocycles. The number of rotatable bonds is 5. The molecule has 1 amide bonds. The highest BCUT2D eigenvalue weighted by molar-refractivity contribution is 5.96. The lowest BCUT2D eigenvalue weighted by atomic mass is 10.1. The summed E-state index contributed by atoms with van der Waals surface area (Å²) >= 11 is 0. The van der Waals surface area contributed by atoms with Crippen molar-refractivity contribution in [3.05, 3.63) is 29.6 Å². The summed E-state index contributed by atoms with van der Waals surface area (Å²) in [5.74, 6) is -3.14. The second-order valence-corrected chi connectivity index (χ2v) is 3.95. The van der Waals surface area contributed by atoms with E-state index in [1.165, 1.54) is 13.0 Å². The van der Waals surface area contributed by atoms with Gasteiger partial charge >= 0.3 is 5.97 Å². The summed E-state index contributed by atoms with van der Waals surface area (Å²) in [6.07, 6.45) is 0.281. The number of aliphatic carboxylic acids is 1. The number of nitrogens with one attached hydrogen (secondary N) is 1. The standard InChI is InChI=1S/C12H14FNO4/c1-7(12(17)18)4-5-14-11(16)9-3-2-8(13)6-10(9)15/h2-3,6-7,15H,4-5H2,1H3,(H,14,16)(H,17,18). The first-order valence-electron chi connectivity index (χ1n) is 5.41. The molecule has 0 saturated carbocycles. The molecule has 0 saturated heterocycles. The summed E-state index contributed by atoms with van der Waals surface area (Å²) < 4.78 is 12.7. The Labute approximate surface area is 103 Å². The normalized spacial score (nSPS) is 11.9. The topological polar surface area (TPSA) is 86.6 Å². The predicted molar refractivity (Wildman–Crippen MR) is 61.8 cm³/mol. The minimum absolute atomic E-state index is 0.0422. The lowest BCUT2D eigenvalue weighted by Crippen LogP contribution is -2.27. The van der Waals surface area contributed by atoms with E-state index in [4.69, 9.17) is 5.11 Å². The van der Waals surface area contributed by atoms with E-state index in [-0.39, 0.29) is 18.5 Å². The van der Waals surface area contributed by atoms with Crippen molar-refractivity contribution in [1.29, 1.82) is 0 Å². The first-order chi connectivity index (χ1) is 8.41. The van der Waals surface area contributed by atoms with Gasteiger partial charge in [-0.25, -0.2) is 4.39 Å². The Hall–Kier alpha value is -2.11. The number of benzene rings is 1. The maximum absolute atomic E-state index is 12.7. The fourth-order valence-corrected chi connectivity index (χ4v) is 1.32. The third kappa shape index (κ3) is 3.73. The van der Waals surface area contributed by atoms with Crippen LogP contribution in [0.4, 0.5) is 4.39 Å². The smallest absolute Gasteiger partial charge is 0.306 e. The van der Waals surface area contributed by atoms with Gasteiger partial charge in [-0.2, -0.15) is 0 Å². The number of hydrogen-bond donors (Lipinski definition) is 3. The molecule has 0 bridgehead atoms. The molecule has 0 fully saturated rings. The molecular weight excluding hydrogens is 241 g/mol. The van der Waals surface area contributed by atoms with Crippen molar-refractivity contribution in [3.63, 3.8) is 0 Å². The van der Waals surface area contributed by atoms with Crippen molar-refractivity contribution >= 4 is 11.9 Å². The summed E-state index contributed by atoms with van der Waals surface area (Å²) in [5, 5.41) is 20.5. The molecule has 98 valence electrons. The van der Waals surface area contributed by atoms with Crippen molar-refractivity contribution < 1.29 is 24.2 Å². The monoisotopic (exact) mass is 255 g/mol. The van der Waals surface area contributed by atoms with Crippen LogP contribution >= 0.6 is 0 Å². The maximum atomic E-state index is 12.7. The van der Waals surface area contributed by atoms with Crippen LogP contribution in [0.1, 0.15) is 23.7 Å². The molecule has 0 spiro atoms. The van der Waals surface area contributed by atoms with E-state index >= 15 is 0 Å². The summed E-state index contributed by atoms with van der Waals surface area (Å²) in [6, 6.07) is 3.07. The molecule has 0 radical (unpaired) electrons. The third-order valence-corrected chi connectivity index (χ3v) is 2.49. The second kappa shape index (κ2) is 6.00. The van der Waals surface area contributed by atoms with Crippen molar-refractivity contribution in [3.8, 4) is 5.75 Å². The Balaban J connectivity index is 2.53. The molecular formula is C12H14FNO4. The van der Waals surface area contributed by atoms with Gasteiger partial charge in [0.25, 0.3) is 5.91 Å². The molecule has 1 aromatic carbocycles. The minimum atomic E-state index is -0.936. The van der Waals surface area contributed by atoms with Crippen molar-refractivity contribution in [2.24, 2.45) is 5.92 Å². The minimum Gasteiger partial charge on any atom is -0.507 e. The zero-order valence-electron chi connectivity index (χ0n) is 9.81. The molecule has 0 aliphatic rings. The summed E-state index contributed by atoms with van der Waals surface area (Å²) in [4.78, 5) is 22.1. The van der Waals surface area contributed by atoms with Crippen LogP contribution in [-0.4, -0.2) is 28.6 Å². The largest absolute Gasteiger partial charge is 0.507 e. The fraction of sp³-hybridized carbons (Fsp3) is 0.333. The molecule has 0 aliphatic heterocycles. The number of aromatic hydroxyl groups is 1. The van der Waals surface area contributed by atoms with Gasteiger partial charge in [-0.1, -0.05) is 6.92 Å². The molecule has 6 heteroatoms. The molecule has 5 nitrogen and oxygen atoms in total. The maximum Gasteiger partial charge on any atom is 0.306 e. The number of phenolic OH excluding ortho intramolecular Hbond substituents is 1. The Kier molecular flexibility index (Phi) is 4.65. The van der Waals surface area contributed by atoms with Gasteiger partial charge < -0.3 is 15.5 Å². The van der Waals surface area contributed by atoms with Gasteiger partial charge in [0.05, 0.1) is 11.5 Å². The van der Waals surface area contributed by atoms with E-state index in [0.29, 0.717) is 0 Å². The average Bonchev–Trinajstić information content (AvgIpc) is 2.28. The van der Waals surface area contributed by atoms with Gasteiger partial charge in [-0.15, -0.1) is 0 Å². The van der Waals surface area contributed by atoms with Crippen molar-refractivity contribution in [2.75, 3.05) is 6.54 Å². The van der Waals surface area contributed by atoms with Crippen molar-refractivity contribution in [1.82, 2.24) is 5.32 Å². The number of halogens is 1. The van der Waals surface area contributed by atoms with Gasteiger partial charge in [0, 0.05) is 12.6 Å². The fourth-order valence-electron chi connectivity index (χ4n) is 1.32. The van der Waals surface area contributed by atoms with Crippen LogP contribution in [0.5, 0.6) is 5.75 Å². The van der Waals surface area contributed by atoms with Crippen LogP contribution in [0, 0.1) is 11.7 Å². The van der Waals surface area contributed by atoms with E-state index in [1.807, 2.05) is 0 Å². The average molecular weight is 255 g/mol. The lowest BCUT2D eigenvalue weighted by Gasteiger charge is -2.08. The zero-order valence-corrected chi connectivity index (χ0v) is 9.81. The Morgan fingerprint density at radius 3 is 2.67 bits per heavy atom. The molecule has 0 aromatic heterocycles. The number of carbonyl (C=O) groups is 2. The second-order valence-electron chi connectivity index (χ2n) is 3.95. The molecule has 1 unspecified atom stereocenters. The van der Waals surface area contributed by atoms with Crippen LogP contribution < -0.4 is 5.32 Å². The SMILES string of the molecule is CC(CCNC(=O)c1ccc(F)cc1O)C(=O)O. The number of phenols is 1. The summed E-state index contributed by atoms with van der Waals surface area (Å²) in [7, 11) is 0. The zero-order chi connectivity index (χ0) is 13.7. The highest BCUT2D eigenvalue weighted by Gasteiger charge is 2.14. The summed E-state index contributed by atoms with van der Waals surface area (Å²) in [5.41, 5.74) is -0.0422. The van der Waals surface area contributed by atoms with Gasteiger partial charge in [0.2, 0.25) is 0 Å². The Bertz CT molecular complexity index is 461. The number of carbonyl (C=O) groups excluding carboxylic acids is 1. The van der Waals surface area contributed by atoms with Gasteiger partial charge in [-0.3, -0.25) is 9.59 Å². The van der Waals surface area contributed by atoms with E-state index < -0.39 is 29.4 Å². The van der Waals surface area contributed by atoms with Crippen LogP contribution in [0.3, 0.4) is 0 Å². The molecule has 1 aromatic rings. The lowest BCUT2D eigenvalue weighted by molar-refractivity contribution is -0.141. The quantitative estimate of drug-likeness (QED) is 0.741. The van der Waals surface area contributed by atoms with E-state index in [0.717, 1.165) is 12.1 Å². The molecule has 0 aliphatic carbocycles. The molecule has 1 atom stereocenters. The van der Waals surface area contributed by atoms with E-state index in [2.05, 4.69) is 5.32 Å². The van der Waals surface area contributed by atoms with Gasteiger partial charge in [0.15, 0.2) is 0 Å². The first kappa shape index (κ1) is 14.0. The van der Waals surface area contributed by atoms with Crippen LogP contribution in [0.2, 0.25) is 0 Å². The van der Waals surface area contributed by atoms with Crippen LogP contribution in [0.15, 0.2) is 18.2 Å². The number of hydrogen-bond acceptors (Lipinski definition) is 3.